The number of sulfonamides is 2. The fourth-order valence-corrected chi connectivity index (χ4v) is 16.0. The monoisotopic (exact) mass is 1200 g/mol. The third-order valence-corrected chi connectivity index (χ3v) is 20.6. The lowest BCUT2D eigenvalue weighted by molar-refractivity contribution is 0.0454. The number of aromatic carboxylic acids is 2. The van der Waals surface area contributed by atoms with Crippen LogP contribution in [0.15, 0.2) is 97.1 Å². The van der Waals surface area contributed by atoms with E-state index >= 15 is 0 Å². The Morgan fingerprint density at radius 1 is 0.634 bits per heavy atom. The number of carboxylic acids is 2. The van der Waals surface area contributed by atoms with Crippen molar-refractivity contribution in [3.05, 3.63) is 141 Å². The van der Waals surface area contributed by atoms with Crippen LogP contribution >= 0.6 is 23.2 Å². The van der Waals surface area contributed by atoms with Crippen molar-refractivity contribution in [3.8, 4) is 11.5 Å². The van der Waals surface area contributed by atoms with E-state index in [1.54, 1.807) is 48.6 Å². The molecule has 10 rings (SSSR count). The van der Waals surface area contributed by atoms with Crippen LogP contribution in [-0.4, -0.2) is 112 Å². The molecule has 0 bridgehead atoms. The van der Waals surface area contributed by atoms with E-state index < -0.39 is 44.2 Å². The molecule has 4 aliphatic carbocycles. The number of aliphatic hydroxyl groups is 2. The number of anilines is 2. The number of fused-ring (bicyclic) bond motifs is 6. The number of nitrogens with two attached hydrogens (primary N) is 2. The molecule has 10 atom stereocenters. The summed E-state index contributed by atoms with van der Waals surface area (Å²) in [4.78, 5) is 28.3. The average Bonchev–Trinajstić information content (AvgIpc) is 3.90. The van der Waals surface area contributed by atoms with E-state index in [9.17, 15) is 46.9 Å². The van der Waals surface area contributed by atoms with Gasteiger partial charge in [-0.3, -0.25) is 0 Å². The highest BCUT2D eigenvalue weighted by atomic mass is 35.5. The maximum Gasteiger partial charge on any atom is 0.335 e. The second-order valence-corrected chi connectivity index (χ2v) is 28.6. The molecule has 2 spiro atoms. The molecule has 0 unspecified atom stereocenters. The third-order valence-electron chi connectivity index (χ3n) is 18.1. The second-order valence-electron chi connectivity index (χ2n) is 24.4. The summed E-state index contributed by atoms with van der Waals surface area (Å²) in [6, 6.07) is 22.3. The van der Waals surface area contributed by atoms with E-state index in [1.165, 1.54) is 22.3 Å². The highest BCUT2D eigenvalue weighted by molar-refractivity contribution is 7.89. The smallest absolute Gasteiger partial charge is 0.335 e. The number of ether oxygens (including phenoxy) is 2. The molecule has 8 N–H and O–H groups in total. The lowest BCUT2D eigenvalue weighted by atomic mass is 9.68. The number of allylic oxidation sites excluding steroid dienone is 2. The Morgan fingerprint density at radius 3 is 1.39 bits per heavy atom. The minimum Gasteiger partial charge on any atom is -0.490 e. The third kappa shape index (κ3) is 14.7. The molecule has 4 aromatic carbocycles. The van der Waals surface area contributed by atoms with E-state index in [0.29, 0.717) is 63.7 Å². The molecule has 444 valence electrons. The summed E-state index contributed by atoms with van der Waals surface area (Å²) in [5.41, 5.74) is 6.40. The van der Waals surface area contributed by atoms with Crippen LogP contribution in [0.1, 0.15) is 121 Å². The molecule has 2 saturated carbocycles. The number of carbonyl (C=O) groups is 2. The van der Waals surface area contributed by atoms with Crippen LogP contribution in [0, 0.1) is 35.5 Å². The molecule has 0 saturated heterocycles. The van der Waals surface area contributed by atoms with Crippen LogP contribution in [0.3, 0.4) is 0 Å². The first-order valence-electron chi connectivity index (χ1n) is 28.7. The summed E-state index contributed by atoms with van der Waals surface area (Å²) < 4.78 is 58.3. The zero-order chi connectivity index (χ0) is 58.7. The van der Waals surface area contributed by atoms with Gasteiger partial charge in [-0.05, 0) is 195 Å². The molecule has 2 fully saturated rings. The van der Waals surface area contributed by atoms with Gasteiger partial charge in [0.1, 0.15) is 11.5 Å². The number of aliphatic hydroxyl groups excluding tert-OH is 2. The fraction of sp³-hybridized carbons (Fsp3) is 0.516. The molecule has 0 amide bonds. The molecule has 16 nitrogen and oxygen atoms in total. The van der Waals surface area contributed by atoms with Gasteiger partial charge in [-0.25, -0.2) is 36.7 Å². The van der Waals surface area contributed by atoms with Crippen molar-refractivity contribution < 1.29 is 56.3 Å². The summed E-state index contributed by atoms with van der Waals surface area (Å²) in [6.07, 6.45) is 16.6. The van der Waals surface area contributed by atoms with Gasteiger partial charge in [0, 0.05) is 47.1 Å². The first-order chi connectivity index (χ1) is 38.9. The van der Waals surface area contributed by atoms with Gasteiger partial charge in [0.25, 0.3) is 0 Å². The predicted molar refractivity (Wildman–Crippen MR) is 321 cm³/mol. The Morgan fingerprint density at radius 2 is 1.04 bits per heavy atom. The molecular formula is C62H78Cl2N4O12S2. The van der Waals surface area contributed by atoms with Crippen LogP contribution < -0.4 is 29.6 Å². The average molecular weight is 1210 g/mol. The van der Waals surface area contributed by atoms with Gasteiger partial charge < -0.3 is 39.7 Å². The van der Waals surface area contributed by atoms with Crippen molar-refractivity contribution in [2.24, 2.45) is 45.8 Å². The fourth-order valence-electron chi connectivity index (χ4n) is 13.7. The Kier molecular flexibility index (Phi) is 19.1. The summed E-state index contributed by atoms with van der Waals surface area (Å²) in [5.74, 6) is -0.530. The number of benzene rings is 4. The van der Waals surface area contributed by atoms with Crippen LogP contribution in [0.2, 0.25) is 10.0 Å². The second kappa shape index (κ2) is 25.6. The Balaban J connectivity index is 0.000000198. The van der Waals surface area contributed by atoms with Gasteiger partial charge in [0.05, 0.1) is 59.4 Å². The number of primary sulfonamides is 2. The Bertz CT molecular complexity index is 3070. The van der Waals surface area contributed by atoms with Crippen molar-refractivity contribution in [2.75, 3.05) is 60.7 Å². The minimum atomic E-state index is -3.53. The number of halogens is 2. The Hall–Kier alpha value is -5.18. The van der Waals surface area contributed by atoms with Gasteiger partial charge >= 0.3 is 11.9 Å². The van der Waals surface area contributed by atoms with Gasteiger partial charge in [0.2, 0.25) is 20.0 Å². The van der Waals surface area contributed by atoms with Crippen LogP contribution in [0.25, 0.3) is 0 Å². The topological polar surface area (TPSA) is 260 Å². The molecule has 4 aromatic rings. The van der Waals surface area contributed by atoms with Crippen molar-refractivity contribution in [3.63, 3.8) is 0 Å². The van der Waals surface area contributed by atoms with Crippen molar-refractivity contribution in [2.45, 2.75) is 114 Å². The first kappa shape index (κ1) is 61.4. The lowest BCUT2D eigenvalue weighted by Crippen LogP contribution is -2.49. The zero-order valence-corrected chi connectivity index (χ0v) is 49.8. The maximum absolute atomic E-state index is 11.9. The number of nitrogens with zero attached hydrogens (tertiary/aromatic N) is 2. The highest BCUT2D eigenvalue weighted by Crippen LogP contribution is 2.49. The summed E-state index contributed by atoms with van der Waals surface area (Å²) in [5, 5.41) is 53.2. The normalized spacial score (nSPS) is 25.5. The van der Waals surface area contributed by atoms with Crippen LogP contribution in [0.4, 0.5) is 11.4 Å². The standard InChI is InChI=1S/2C31H39ClN2O6S/c2*1-20(17-41(33,38)39)4-2-6-28(35)25-10-7-23(25)16-34-18-31(13-3-5-21-14-24(32)9-11-26(21)31)19-40-29-12-8-22(30(36)37)15-27(29)34/h2*2,6,8-9,11-12,14-15,20,23,25,28,35H,3-5,7,10,13,16-19H2,1H3,(H,36,37)(H2,33,38,39)/b2*6-2+/t20-,23+,25-,28+,31+;20-,23-,25+,28-,31-/m10/s1. The maximum atomic E-state index is 11.9. The molecule has 0 aromatic heterocycles. The highest BCUT2D eigenvalue weighted by Gasteiger charge is 2.46. The molecule has 20 heteroatoms. The summed E-state index contributed by atoms with van der Waals surface area (Å²) in [7, 11) is -7.07. The molecule has 2 aliphatic heterocycles. The van der Waals surface area contributed by atoms with E-state index in [0.717, 1.165) is 85.6 Å². The quantitative estimate of drug-likeness (QED) is 0.0507. The minimum absolute atomic E-state index is 0.0588. The van der Waals surface area contributed by atoms with Crippen LogP contribution in [0.5, 0.6) is 11.5 Å². The lowest BCUT2D eigenvalue weighted by Gasteiger charge is -2.45. The largest absolute Gasteiger partial charge is 0.490 e. The van der Waals surface area contributed by atoms with E-state index in [-0.39, 0.29) is 69.0 Å². The predicted octanol–water partition coefficient (Wildman–Crippen LogP) is 9.54. The van der Waals surface area contributed by atoms with Crippen LogP contribution in [-0.2, 0) is 43.7 Å². The van der Waals surface area contributed by atoms with Crippen molar-refractivity contribution in [1.82, 2.24) is 0 Å². The van der Waals surface area contributed by atoms with E-state index in [2.05, 4.69) is 34.1 Å². The van der Waals surface area contributed by atoms with Crippen molar-refractivity contribution in [1.29, 1.82) is 0 Å². The number of hydrogen-bond acceptors (Lipinski definition) is 12. The van der Waals surface area contributed by atoms with Gasteiger partial charge in [-0.1, -0.05) is 73.5 Å². The van der Waals surface area contributed by atoms with Gasteiger partial charge in [0.15, 0.2) is 0 Å². The molecular weight excluding hydrogens is 1130 g/mol. The van der Waals surface area contributed by atoms with E-state index in [1.807, 2.05) is 38.1 Å². The number of aryl methyl sites for hydroxylation is 2. The Labute approximate surface area is 492 Å². The molecule has 2 heterocycles. The first-order valence-corrected chi connectivity index (χ1v) is 32.9. The molecule has 6 aliphatic rings. The van der Waals surface area contributed by atoms with Gasteiger partial charge in [-0.15, -0.1) is 0 Å². The van der Waals surface area contributed by atoms with E-state index in [4.69, 9.17) is 43.0 Å². The van der Waals surface area contributed by atoms with Crippen molar-refractivity contribution >= 4 is 66.6 Å². The number of rotatable bonds is 18. The SMILES string of the molecule is C[C@@H](C/C=C/[C@H](O)[C@@H]1CC[C@H]1CN1C[C@@]2(CCCc3cc(Cl)ccc32)COc2ccc(C(=O)O)cc21)CS(N)(=O)=O.C[C@H](C/C=C/[C@H](O)[C@@H]1CC[C@H]1CN1C[C@@]2(CCCc3cc(Cl)ccc32)COc2ccc(C(=O)O)cc21)CS(N)(=O)=O. The summed E-state index contributed by atoms with van der Waals surface area (Å²) >= 11 is 12.7. The number of carboxylic acid groups (broad SMARTS) is 2. The number of hydrogen-bond donors (Lipinski definition) is 6. The zero-order valence-electron chi connectivity index (χ0n) is 46.7. The molecule has 0 radical (unpaired) electrons. The van der Waals surface area contributed by atoms with Gasteiger partial charge in [-0.2, -0.15) is 0 Å². The molecule has 82 heavy (non-hydrogen) atoms. The summed E-state index contributed by atoms with van der Waals surface area (Å²) in [6.45, 7) is 7.33.